The summed E-state index contributed by atoms with van der Waals surface area (Å²) in [4.78, 5) is 0. The van der Waals surface area contributed by atoms with E-state index in [1.54, 1.807) is 0 Å². The van der Waals surface area contributed by atoms with Crippen molar-refractivity contribution < 1.29 is 0 Å². The van der Waals surface area contributed by atoms with Gasteiger partial charge in [-0.25, -0.2) is 0 Å². The summed E-state index contributed by atoms with van der Waals surface area (Å²) in [6, 6.07) is 9.63. The third kappa shape index (κ3) is 7.14. The number of rotatable bonds is 5. The van der Waals surface area contributed by atoms with Gasteiger partial charge in [-0.1, -0.05) is 43.4 Å². The first-order valence-corrected chi connectivity index (χ1v) is 11.2. The molecule has 0 amide bonds. The second-order valence-electron chi connectivity index (χ2n) is 7.65. The van der Waals surface area contributed by atoms with E-state index in [1.807, 2.05) is 6.07 Å². The van der Waals surface area contributed by atoms with E-state index in [0.29, 0.717) is 5.92 Å². The summed E-state index contributed by atoms with van der Waals surface area (Å²) in [6.45, 7) is 15.0. The molecular weight excluding hydrogens is 270 g/mol. The Labute approximate surface area is 124 Å². The van der Waals surface area contributed by atoms with Crippen LogP contribution >= 0.6 is 11.6 Å². The fourth-order valence-electron chi connectivity index (χ4n) is 2.24. The summed E-state index contributed by atoms with van der Waals surface area (Å²) in [5.74, 6) is 0.560. The predicted molar refractivity (Wildman–Crippen MR) is 90.1 cm³/mol. The second-order valence-corrected chi connectivity index (χ2v) is 13.6. The molecule has 1 unspecified atom stereocenters. The molecule has 108 valence electrons. The Hall–Kier alpha value is -0.313. The van der Waals surface area contributed by atoms with E-state index < -0.39 is 8.07 Å². The van der Waals surface area contributed by atoms with Gasteiger partial charge >= 0.3 is 0 Å². The minimum atomic E-state index is -1.10. The molecular formula is C16H28ClNSi. The SMILES string of the molecule is CC(C)(C)NCC(C[Si](C)(C)C)c1cccc(Cl)c1. The van der Waals surface area contributed by atoms with E-state index in [2.05, 4.69) is 63.9 Å². The maximum absolute atomic E-state index is 6.14. The number of nitrogens with one attached hydrogen (secondary N) is 1. The highest BCUT2D eigenvalue weighted by Crippen LogP contribution is 2.28. The first-order chi connectivity index (χ1) is 8.57. The zero-order valence-electron chi connectivity index (χ0n) is 13.2. The molecule has 0 aliphatic carbocycles. The molecule has 1 aromatic carbocycles. The highest BCUT2D eigenvalue weighted by atomic mass is 35.5. The van der Waals surface area contributed by atoms with Crippen molar-refractivity contribution in [2.75, 3.05) is 6.54 Å². The van der Waals surface area contributed by atoms with Crippen LogP contribution in [0.3, 0.4) is 0 Å². The van der Waals surface area contributed by atoms with Crippen molar-refractivity contribution in [3.8, 4) is 0 Å². The molecule has 0 aliphatic heterocycles. The van der Waals surface area contributed by atoms with E-state index in [4.69, 9.17) is 11.6 Å². The topological polar surface area (TPSA) is 12.0 Å². The Bertz CT molecular complexity index is 404. The van der Waals surface area contributed by atoms with Crippen LogP contribution in [0.4, 0.5) is 0 Å². The molecule has 1 atom stereocenters. The van der Waals surface area contributed by atoms with Gasteiger partial charge in [0.1, 0.15) is 0 Å². The van der Waals surface area contributed by atoms with Crippen molar-refractivity contribution in [1.82, 2.24) is 5.32 Å². The standard InChI is InChI=1S/C16H28ClNSi/c1-16(2,3)18-11-14(12-19(4,5)6)13-8-7-9-15(17)10-13/h7-10,14,18H,11-12H2,1-6H3. The van der Waals surface area contributed by atoms with Crippen LogP contribution in [-0.2, 0) is 0 Å². The average molecular weight is 298 g/mol. The summed E-state index contributed by atoms with van der Waals surface area (Å²) in [5.41, 5.74) is 1.53. The Kier molecular flexibility index (Phi) is 5.66. The van der Waals surface area contributed by atoms with Gasteiger partial charge in [-0.2, -0.15) is 0 Å². The van der Waals surface area contributed by atoms with E-state index in [0.717, 1.165) is 11.6 Å². The number of hydrogen-bond acceptors (Lipinski definition) is 1. The molecule has 1 nitrogen and oxygen atoms in total. The first-order valence-electron chi connectivity index (χ1n) is 7.07. The fraction of sp³-hybridized carbons (Fsp3) is 0.625. The highest BCUT2D eigenvalue weighted by Gasteiger charge is 2.23. The van der Waals surface area contributed by atoms with Crippen LogP contribution in [0, 0.1) is 0 Å². The van der Waals surface area contributed by atoms with Crippen molar-refractivity contribution in [1.29, 1.82) is 0 Å². The smallest absolute Gasteiger partial charge is 0.0449 e. The van der Waals surface area contributed by atoms with E-state index in [9.17, 15) is 0 Å². The molecule has 0 aliphatic rings. The maximum atomic E-state index is 6.14. The molecule has 0 spiro atoms. The number of benzene rings is 1. The lowest BCUT2D eigenvalue weighted by Gasteiger charge is -2.29. The van der Waals surface area contributed by atoms with Crippen molar-refractivity contribution in [3.63, 3.8) is 0 Å². The predicted octanol–water partition coefficient (Wildman–Crippen LogP) is 5.15. The largest absolute Gasteiger partial charge is 0.311 e. The second kappa shape index (κ2) is 6.42. The molecule has 0 heterocycles. The molecule has 0 radical (unpaired) electrons. The zero-order valence-corrected chi connectivity index (χ0v) is 14.9. The van der Waals surface area contributed by atoms with Crippen molar-refractivity contribution in [3.05, 3.63) is 34.9 Å². The molecule has 0 fully saturated rings. The molecule has 0 saturated carbocycles. The average Bonchev–Trinajstić information content (AvgIpc) is 2.21. The molecule has 19 heavy (non-hydrogen) atoms. The maximum Gasteiger partial charge on any atom is 0.0449 e. The van der Waals surface area contributed by atoms with Crippen LogP contribution in [0.25, 0.3) is 0 Å². The van der Waals surface area contributed by atoms with Gasteiger partial charge in [0.25, 0.3) is 0 Å². The van der Waals surface area contributed by atoms with Crippen LogP contribution in [0.5, 0.6) is 0 Å². The Morgan fingerprint density at radius 2 is 1.84 bits per heavy atom. The Balaban J connectivity index is 2.86. The van der Waals surface area contributed by atoms with Gasteiger partial charge in [0.2, 0.25) is 0 Å². The number of halogens is 1. The molecule has 0 saturated heterocycles. The third-order valence-corrected chi connectivity index (χ3v) is 5.01. The Morgan fingerprint density at radius 1 is 1.21 bits per heavy atom. The summed E-state index contributed by atoms with van der Waals surface area (Å²) in [5, 5.41) is 4.48. The summed E-state index contributed by atoms with van der Waals surface area (Å²) < 4.78 is 0. The minimum Gasteiger partial charge on any atom is -0.311 e. The number of hydrogen-bond donors (Lipinski definition) is 1. The molecule has 1 N–H and O–H groups in total. The van der Waals surface area contributed by atoms with Gasteiger partial charge in [-0.05, 0) is 50.4 Å². The van der Waals surface area contributed by atoms with Crippen molar-refractivity contribution in [2.24, 2.45) is 0 Å². The van der Waals surface area contributed by atoms with Crippen molar-refractivity contribution >= 4 is 19.7 Å². The lowest BCUT2D eigenvalue weighted by atomic mass is 9.99. The van der Waals surface area contributed by atoms with Gasteiger partial charge < -0.3 is 5.32 Å². The quantitative estimate of drug-likeness (QED) is 0.741. The van der Waals surface area contributed by atoms with Gasteiger partial charge in [-0.15, -0.1) is 0 Å². The molecule has 0 aromatic heterocycles. The van der Waals surface area contributed by atoms with Crippen LogP contribution in [0.1, 0.15) is 32.3 Å². The minimum absolute atomic E-state index is 0.163. The molecule has 1 rings (SSSR count). The summed E-state index contributed by atoms with van der Waals surface area (Å²) >= 11 is 6.14. The van der Waals surface area contributed by atoms with Crippen LogP contribution < -0.4 is 5.32 Å². The third-order valence-electron chi connectivity index (χ3n) is 3.06. The van der Waals surface area contributed by atoms with Gasteiger partial charge in [0.05, 0.1) is 0 Å². The molecule has 0 bridgehead atoms. The van der Waals surface area contributed by atoms with Crippen molar-refractivity contribution in [2.45, 2.75) is 57.9 Å². The summed E-state index contributed by atoms with van der Waals surface area (Å²) in [7, 11) is -1.10. The monoisotopic (exact) mass is 297 g/mol. The highest BCUT2D eigenvalue weighted by molar-refractivity contribution is 6.76. The molecule has 1 aromatic rings. The van der Waals surface area contributed by atoms with Crippen LogP contribution in [0.2, 0.25) is 30.7 Å². The van der Waals surface area contributed by atoms with Crippen LogP contribution in [-0.4, -0.2) is 20.2 Å². The van der Waals surface area contributed by atoms with Crippen LogP contribution in [0.15, 0.2) is 24.3 Å². The Morgan fingerprint density at radius 3 is 2.32 bits per heavy atom. The fourth-order valence-corrected chi connectivity index (χ4v) is 4.29. The van der Waals surface area contributed by atoms with E-state index in [-0.39, 0.29) is 5.54 Å². The van der Waals surface area contributed by atoms with E-state index in [1.165, 1.54) is 11.6 Å². The zero-order chi connectivity index (χ0) is 14.7. The molecule has 3 heteroatoms. The lowest BCUT2D eigenvalue weighted by molar-refractivity contribution is 0.411. The van der Waals surface area contributed by atoms with Gasteiger partial charge in [-0.3, -0.25) is 0 Å². The van der Waals surface area contributed by atoms with Gasteiger partial charge in [0, 0.05) is 25.2 Å². The normalized spacial score (nSPS) is 14.5. The summed E-state index contributed by atoms with van der Waals surface area (Å²) in [6.07, 6.45) is 0. The first kappa shape index (κ1) is 16.7. The van der Waals surface area contributed by atoms with Gasteiger partial charge in [0.15, 0.2) is 0 Å². The lowest BCUT2D eigenvalue weighted by Crippen LogP contribution is -2.40. The van der Waals surface area contributed by atoms with E-state index >= 15 is 0 Å².